The van der Waals surface area contributed by atoms with Gasteiger partial charge in [-0.15, -0.1) is 0 Å². The maximum atomic E-state index is 13.3. The van der Waals surface area contributed by atoms with Gasteiger partial charge in [0.2, 0.25) is 0 Å². The van der Waals surface area contributed by atoms with E-state index in [0.29, 0.717) is 12.8 Å². The first kappa shape index (κ1) is 32.9. The Morgan fingerprint density at radius 2 is 1.23 bits per heavy atom. The van der Waals surface area contributed by atoms with Crippen LogP contribution in [0.5, 0.6) is 0 Å². The van der Waals surface area contributed by atoms with Gasteiger partial charge in [-0.3, -0.25) is 0 Å². The Morgan fingerprint density at radius 1 is 0.821 bits per heavy atom. The Balaban J connectivity index is 0.000000285. The minimum Gasteiger partial charge on any atom is -0.743 e. The molecule has 0 atom stereocenters. The van der Waals surface area contributed by atoms with Crippen molar-refractivity contribution in [2.75, 3.05) is 11.9 Å². The summed E-state index contributed by atoms with van der Waals surface area (Å²) in [4.78, 5) is 14.3. The summed E-state index contributed by atoms with van der Waals surface area (Å²) < 4.78 is 72.6. The lowest BCUT2D eigenvalue weighted by Crippen LogP contribution is -2.39. The van der Waals surface area contributed by atoms with E-state index in [1.165, 1.54) is 33.1 Å². The summed E-state index contributed by atoms with van der Waals surface area (Å²) in [6.45, 7) is 3.85. The lowest BCUT2D eigenvalue weighted by Gasteiger charge is -2.17. The zero-order valence-corrected chi connectivity index (χ0v) is 24.8. The van der Waals surface area contributed by atoms with Crippen molar-refractivity contribution in [3.05, 3.63) is 89.7 Å². The number of alkyl halides is 3. The summed E-state index contributed by atoms with van der Waals surface area (Å²) in [6, 6.07) is 24.1. The van der Waals surface area contributed by atoms with Gasteiger partial charge in [0, 0.05) is 5.33 Å². The smallest absolute Gasteiger partial charge is 0.428 e. The maximum Gasteiger partial charge on any atom is 0.428 e. The van der Waals surface area contributed by atoms with E-state index in [0.717, 1.165) is 23.1 Å². The molecule has 11 heteroatoms. The molecule has 212 valence electrons. The molecule has 0 N–H and O–H groups in total. The molecule has 3 aromatic carbocycles. The number of ether oxygens (including phenoxy) is 1. The predicted molar refractivity (Wildman–Crippen MR) is 149 cm³/mol. The molecule has 0 unspecified atom stereocenters. The fourth-order valence-electron chi connectivity index (χ4n) is 3.23. The van der Waals surface area contributed by atoms with Crippen LogP contribution in [-0.2, 0) is 30.5 Å². The molecular weight excluding hydrogens is 617 g/mol. The van der Waals surface area contributed by atoms with Crippen LogP contribution in [0.2, 0.25) is 0 Å². The summed E-state index contributed by atoms with van der Waals surface area (Å²) in [6.07, 6.45) is 2.74. The van der Waals surface area contributed by atoms with Crippen molar-refractivity contribution in [2.45, 2.75) is 59.5 Å². The molecule has 0 aliphatic carbocycles. The average Bonchev–Trinajstić information content (AvgIpc) is 2.89. The van der Waals surface area contributed by atoms with Gasteiger partial charge in [-0.25, -0.2) is 17.6 Å². The number of aryl methyl sites for hydroxylation is 2. The SMILES string of the molecule is Cc1ccc([S+](c2ccc(C)cc2)c2ccc(F)cc2)cc1.O=C(OCCCCCCBr)C(F)(F)S(=O)(=O)[O-]. The summed E-state index contributed by atoms with van der Waals surface area (Å²) in [5, 5.41) is -4.19. The van der Waals surface area contributed by atoms with Crippen molar-refractivity contribution < 1.29 is 35.7 Å². The zero-order chi connectivity index (χ0) is 29.1. The van der Waals surface area contributed by atoms with Gasteiger partial charge in [0.25, 0.3) is 0 Å². The molecule has 3 aromatic rings. The lowest BCUT2D eigenvalue weighted by molar-refractivity contribution is -0.161. The van der Waals surface area contributed by atoms with Crippen LogP contribution in [0, 0.1) is 19.7 Å². The van der Waals surface area contributed by atoms with Crippen molar-refractivity contribution in [1.29, 1.82) is 0 Å². The molecule has 0 fully saturated rings. The molecule has 0 aliphatic heterocycles. The van der Waals surface area contributed by atoms with Crippen LogP contribution in [0.15, 0.2) is 87.5 Å². The Bertz CT molecular complexity index is 1180. The minimum absolute atomic E-state index is 0.194. The molecule has 0 saturated heterocycles. The topological polar surface area (TPSA) is 83.5 Å². The van der Waals surface area contributed by atoms with Gasteiger partial charge in [0.1, 0.15) is 5.82 Å². The van der Waals surface area contributed by atoms with Crippen LogP contribution in [0.25, 0.3) is 0 Å². The van der Waals surface area contributed by atoms with E-state index in [2.05, 4.69) is 83.0 Å². The standard InChI is InChI=1S/C20H18FS.C8H13BrF2O5S/c1-15-3-9-18(10-4-15)22(19-11-5-16(2)6-12-19)20-13-7-17(21)8-14-20;9-5-3-1-2-4-6-16-7(12)8(10,11)17(13,14)15/h3-14H,1-2H3;1-6H2,(H,13,14,15)/q+1;/p-1. The van der Waals surface area contributed by atoms with E-state index in [1.54, 1.807) is 0 Å². The summed E-state index contributed by atoms with van der Waals surface area (Å²) >= 11 is 3.20. The molecule has 0 radical (unpaired) electrons. The average molecular weight is 648 g/mol. The van der Waals surface area contributed by atoms with Gasteiger partial charge >= 0.3 is 11.2 Å². The molecule has 3 rings (SSSR count). The molecular formula is C28H30BrF3O5S2. The van der Waals surface area contributed by atoms with Crippen LogP contribution in [-0.4, -0.2) is 36.1 Å². The van der Waals surface area contributed by atoms with Crippen LogP contribution >= 0.6 is 15.9 Å². The zero-order valence-electron chi connectivity index (χ0n) is 21.5. The number of unbranched alkanes of at least 4 members (excludes halogenated alkanes) is 3. The number of rotatable bonds is 11. The molecule has 0 bridgehead atoms. The molecule has 0 saturated carbocycles. The Kier molecular flexibility index (Phi) is 13.0. The largest absolute Gasteiger partial charge is 0.743 e. The van der Waals surface area contributed by atoms with Gasteiger partial charge in [0.05, 0.1) is 17.5 Å². The van der Waals surface area contributed by atoms with Crippen molar-refractivity contribution in [2.24, 2.45) is 0 Å². The third-order valence-electron chi connectivity index (χ3n) is 5.38. The summed E-state index contributed by atoms with van der Waals surface area (Å²) in [5.41, 5.74) is 2.49. The highest BCUT2D eigenvalue weighted by atomic mass is 79.9. The first-order chi connectivity index (χ1) is 18.4. The Labute approximate surface area is 239 Å². The van der Waals surface area contributed by atoms with Gasteiger partial charge in [-0.1, -0.05) is 64.2 Å². The quantitative estimate of drug-likeness (QED) is 0.0726. The van der Waals surface area contributed by atoms with E-state index in [-0.39, 0.29) is 23.3 Å². The van der Waals surface area contributed by atoms with Crippen molar-refractivity contribution in [3.8, 4) is 0 Å². The molecule has 0 aliphatic rings. The van der Waals surface area contributed by atoms with Crippen LogP contribution in [0.4, 0.5) is 13.2 Å². The van der Waals surface area contributed by atoms with Gasteiger partial charge in [0.15, 0.2) is 24.8 Å². The third kappa shape index (κ3) is 10.3. The summed E-state index contributed by atoms with van der Waals surface area (Å²) in [5.74, 6) is -2.51. The second-order valence-electron chi connectivity index (χ2n) is 8.60. The third-order valence-corrected chi connectivity index (χ3v) is 8.96. The number of halogens is 4. The normalized spacial score (nSPS) is 11.6. The molecule has 0 spiro atoms. The van der Waals surface area contributed by atoms with E-state index < -0.39 is 21.3 Å². The van der Waals surface area contributed by atoms with Crippen molar-refractivity contribution >= 4 is 42.9 Å². The molecule has 0 aromatic heterocycles. The van der Waals surface area contributed by atoms with E-state index >= 15 is 0 Å². The number of carbonyl (C=O) groups is 1. The molecule has 5 nitrogen and oxygen atoms in total. The number of hydrogen-bond donors (Lipinski definition) is 0. The second-order valence-corrected chi connectivity index (χ2v) is 12.8. The highest BCUT2D eigenvalue weighted by Gasteiger charge is 2.48. The number of benzene rings is 3. The monoisotopic (exact) mass is 646 g/mol. The van der Waals surface area contributed by atoms with E-state index in [1.807, 2.05) is 12.1 Å². The lowest BCUT2D eigenvalue weighted by atomic mass is 10.2. The van der Waals surface area contributed by atoms with Crippen LogP contribution in [0.3, 0.4) is 0 Å². The van der Waals surface area contributed by atoms with E-state index in [4.69, 9.17) is 0 Å². The molecule has 0 heterocycles. The van der Waals surface area contributed by atoms with E-state index in [9.17, 15) is 30.9 Å². The molecule has 39 heavy (non-hydrogen) atoms. The first-order valence-electron chi connectivity index (χ1n) is 12.1. The highest BCUT2D eigenvalue weighted by Crippen LogP contribution is 2.31. The Morgan fingerprint density at radius 3 is 1.64 bits per heavy atom. The van der Waals surface area contributed by atoms with Gasteiger partial charge < -0.3 is 9.29 Å². The van der Waals surface area contributed by atoms with Crippen LogP contribution < -0.4 is 0 Å². The fourth-order valence-corrected chi connectivity index (χ4v) is 5.93. The maximum absolute atomic E-state index is 13.3. The minimum atomic E-state index is -6.02. The predicted octanol–water partition coefficient (Wildman–Crippen LogP) is 7.16. The Hall–Kier alpha value is -2.34. The highest BCUT2D eigenvalue weighted by molar-refractivity contribution is 9.09. The number of esters is 1. The summed E-state index contributed by atoms with van der Waals surface area (Å²) in [7, 11) is -6.22. The molecule has 0 amide bonds. The van der Waals surface area contributed by atoms with Crippen molar-refractivity contribution in [1.82, 2.24) is 0 Å². The van der Waals surface area contributed by atoms with Gasteiger partial charge in [-0.2, -0.15) is 8.78 Å². The van der Waals surface area contributed by atoms with Crippen molar-refractivity contribution in [3.63, 3.8) is 0 Å². The first-order valence-corrected chi connectivity index (χ1v) is 15.8. The number of hydrogen-bond acceptors (Lipinski definition) is 5. The van der Waals surface area contributed by atoms with Crippen LogP contribution in [0.1, 0.15) is 36.8 Å². The van der Waals surface area contributed by atoms with Gasteiger partial charge in [-0.05, 0) is 75.2 Å². The number of carbonyl (C=O) groups excluding carboxylic acids is 1. The fraction of sp³-hybridized carbons (Fsp3) is 0.321. The second kappa shape index (κ2) is 15.4.